The van der Waals surface area contributed by atoms with Crippen LogP contribution in [0, 0.1) is 6.92 Å². The minimum atomic E-state index is -0.591. The highest BCUT2D eigenvalue weighted by Crippen LogP contribution is 2.27. The minimum Gasteiger partial charge on any atom is -0.388 e. The monoisotopic (exact) mass is 263 g/mol. The molecule has 0 spiro atoms. The summed E-state index contributed by atoms with van der Waals surface area (Å²) in [5.41, 5.74) is 1.73. The Morgan fingerprint density at radius 3 is 2.63 bits per heavy atom. The molecule has 2 saturated heterocycles. The number of hydrogen-bond acceptors (Lipinski definition) is 4. The van der Waals surface area contributed by atoms with Gasteiger partial charge in [0.05, 0.1) is 19.3 Å². The van der Waals surface area contributed by atoms with E-state index >= 15 is 0 Å². The lowest BCUT2D eigenvalue weighted by molar-refractivity contribution is 0.0178. The fourth-order valence-corrected chi connectivity index (χ4v) is 2.56. The van der Waals surface area contributed by atoms with Gasteiger partial charge in [-0.3, -0.25) is 4.79 Å². The van der Waals surface area contributed by atoms with Crippen LogP contribution in [0.15, 0.2) is 24.3 Å². The van der Waals surface area contributed by atoms with Gasteiger partial charge in [0.15, 0.2) is 0 Å². The first-order chi connectivity index (χ1) is 9.15. The second-order valence-corrected chi connectivity index (χ2v) is 5.11. The zero-order valence-corrected chi connectivity index (χ0v) is 10.7. The average molecular weight is 263 g/mol. The molecule has 1 aromatic rings. The minimum absolute atomic E-state index is 0.140. The molecule has 4 atom stereocenters. The third kappa shape index (κ3) is 2.36. The summed E-state index contributed by atoms with van der Waals surface area (Å²) in [5.74, 6) is -0.140. The molecule has 5 nitrogen and oxygen atoms in total. The smallest absolute Gasteiger partial charge is 0.251 e. The second-order valence-electron chi connectivity index (χ2n) is 5.11. The van der Waals surface area contributed by atoms with E-state index in [2.05, 4.69) is 5.32 Å². The number of aliphatic hydroxyl groups is 1. The maximum Gasteiger partial charge on any atom is 0.251 e. The molecule has 2 aliphatic heterocycles. The number of rotatable bonds is 2. The van der Waals surface area contributed by atoms with E-state index in [1.54, 1.807) is 12.1 Å². The Morgan fingerprint density at radius 1 is 1.21 bits per heavy atom. The van der Waals surface area contributed by atoms with Crippen LogP contribution in [0.4, 0.5) is 0 Å². The highest BCUT2D eigenvalue weighted by Gasteiger charge is 2.47. The Balaban J connectivity index is 1.66. The lowest BCUT2D eigenvalue weighted by Crippen LogP contribution is -2.44. The van der Waals surface area contributed by atoms with Crippen molar-refractivity contribution < 1.29 is 19.4 Å². The summed E-state index contributed by atoms with van der Waals surface area (Å²) < 4.78 is 10.9. The third-order valence-corrected chi connectivity index (χ3v) is 3.66. The molecule has 1 aromatic carbocycles. The van der Waals surface area contributed by atoms with E-state index in [0.29, 0.717) is 12.2 Å². The van der Waals surface area contributed by atoms with Crippen LogP contribution < -0.4 is 5.32 Å². The number of amides is 1. The molecule has 0 aromatic heterocycles. The predicted molar refractivity (Wildman–Crippen MR) is 67.9 cm³/mol. The van der Waals surface area contributed by atoms with Gasteiger partial charge in [-0.15, -0.1) is 0 Å². The van der Waals surface area contributed by atoms with Crippen LogP contribution in [0.5, 0.6) is 0 Å². The van der Waals surface area contributed by atoms with E-state index in [1.807, 2.05) is 19.1 Å². The normalized spacial score (nSPS) is 33.2. The first-order valence-electron chi connectivity index (χ1n) is 6.44. The number of aliphatic hydroxyl groups excluding tert-OH is 1. The number of benzene rings is 1. The Bertz CT molecular complexity index is 473. The van der Waals surface area contributed by atoms with Gasteiger partial charge in [0, 0.05) is 5.56 Å². The first-order valence-corrected chi connectivity index (χ1v) is 6.44. The van der Waals surface area contributed by atoms with Crippen molar-refractivity contribution in [3.63, 3.8) is 0 Å². The van der Waals surface area contributed by atoms with Gasteiger partial charge in [-0.25, -0.2) is 0 Å². The fraction of sp³-hybridized carbons (Fsp3) is 0.500. The highest BCUT2D eigenvalue weighted by atomic mass is 16.6. The van der Waals surface area contributed by atoms with Crippen molar-refractivity contribution in [3.8, 4) is 0 Å². The Morgan fingerprint density at radius 2 is 1.89 bits per heavy atom. The van der Waals surface area contributed by atoms with Gasteiger partial charge in [-0.05, 0) is 19.1 Å². The third-order valence-electron chi connectivity index (χ3n) is 3.66. The van der Waals surface area contributed by atoms with Crippen molar-refractivity contribution in [1.29, 1.82) is 0 Å². The number of nitrogens with one attached hydrogen (secondary N) is 1. The Kier molecular flexibility index (Phi) is 3.26. The van der Waals surface area contributed by atoms with Crippen molar-refractivity contribution in [2.75, 3.05) is 13.2 Å². The number of carbonyl (C=O) groups is 1. The molecule has 0 bridgehead atoms. The molecule has 0 unspecified atom stereocenters. The molecule has 2 heterocycles. The average Bonchev–Trinajstić information content (AvgIpc) is 2.95. The number of fused-ring (bicyclic) bond motifs is 1. The van der Waals surface area contributed by atoms with Crippen LogP contribution in [0.3, 0.4) is 0 Å². The first kappa shape index (κ1) is 12.6. The summed E-state index contributed by atoms with van der Waals surface area (Å²) in [7, 11) is 0. The number of hydrogen-bond donors (Lipinski definition) is 2. The molecule has 3 rings (SSSR count). The van der Waals surface area contributed by atoms with Crippen LogP contribution in [0.1, 0.15) is 15.9 Å². The summed E-state index contributed by atoms with van der Waals surface area (Å²) >= 11 is 0. The SMILES string of the molecule is Cc1ccc(C(=O)N[C@H]2CO[C@H]3[C@@H]2OC[C@H]3O)cc1. The zero-order valence-electron chi connectivity index (χ0n) is 10.7. The molecular weight excluding hydrogens is 246 g/mol. The van der Waals surface area contributed by atoms with Crippen molar-refractivity contribution in [2.45, 2.75) is 31.3 Å². The summed E-state index contributed by atoms with van der Waals surface area (Å²) in [5, 5.41) is 12.5. The van der Waals surface area contributed by atoms with Crippen LogP contribution in [0.25, 0.3) is 0 Å². The lowest BCUT2D eigenvalue weighted by atomic mass is 10.1. The molecule has 2 N–H and O–H groups in total. The molecule has 102 valence electrons. The lowest BCUT2D eigenvalue weighted by Gasteiger charge is -2.17. The van der Waals surface area contributed by atoms with Crippen molar-refractivity contribution in [1.82, 2.24) is 5.32 Å². The number of ether oxygens (including phenoxy) is 2. The molecule has 5 heteroatoms. The van der Waals surface area contributed by atoms with Crippen LogP contribution in [-0.2, 0) is 9.47 Å². The maximum atomic E-state index is 12.1. The van der Waals surface area contributed by atoms with Gasteiger partial charge in [-0.2, -0.15) is 0 Å². The molecular formula is C14H17NO4. The van der Waals surface area contributed by atoms with Crippen molar-refractivity contribution in [2.24, 2.45) is 0 Å². The molecule has 0 saturated carbocycles. The summed E-state index contributed by atoms with van der Waals surface area (Å²) in [6, 6.07) is 7.19. The highest BCUT2D eigenvalue weighted by molar-refractivity contribution is 5.94. The molecule has 0 radical (unpaired) electrons. The van der Waals surface area contributed by atoms with Crippen molar-refractivity contribution >= 4 is 5.91 Å². The van der Waals surface area contributed by atoms with E-state index in [9.17, 15) is 9.90 Å². The quantitative estimate of drug-likeness (QED) is 0.802. The van der Waals surface area contributed by atoms with Crippen LogP contribution in [0.2, 0.25) is 0 Å². The molecule has 1 amide bonds. The van der Waals surface area contributed by atoms with Crippen molar-refractivity contribution in [3.05, 3.63) is 35.4 Å². The van der Waals surface area contributed by atoms with Gasteiger partial charge >= 0.3 is 0 Å². The van der Waals surface area contributed by atoms with E-state index in [1.165, 1.54) is 0 Å². The number of carbonyl (C=O) groups excluding carboxylic acids is 1. The Labute approximate surface area is 111 Å². The molecule has 0 aliphatic carbocycles. The van der Waals surface area contributed by atoms with E-state index < -0.39 is 6.10 Å². The maximum absolute atomic E-state index is 12.1. The number of aryl methyl sites for hydroxylation is 1. The molecule has 2 fully saturated rings. The van der Waals surface area contributed by atoms with E-state index in [-0.39, 0.29) is 30.8 Å². The van der Waals surface area contributed by atoms with Gasteiger partial charge in [0.1, 0.15) is 18.3 Å². The van der Waals surface area contributed by atoms with Gasteiger partial charge < -0.3 is 19.9 Å². The predicted octanol–water partition coefficient (Wildman–Crippen LogP) is 0.252. The van der Waals surface area contributed by atoms with E-state index in [0.717, 1.165) is 5.56 Å². The van der Waals surface area contributed by atoms with Gasteiger partial charge in [0.2, 0.25) is 0 Å². The van der Waals surface area contributed by atoms with Crippen LogP contribution in [-0.4, -0.2) is 48.6 Å². The van der Waals surface area contributed by atoms with Gasteiger partial charge in [-0.1, -0.05) is 17.7 Å². The summed E-state index contributed by atoms with van der Waals surface area (Å²) in [6.45, 7) is 2.63. The largest absolute Gasteiger partial charge is 0.388 e. The summed E-state index contributed by atoms with van der Waals surface area (Å²) in [4.78, 5) is 12.1. The zero-order chi connectivity index (χ0) is 13.4. The van der Waals surface area contributed by atoms with E-state index in [4.69, 9.17) is 9.47 Å². The van der Waals surface area contributed by atoms with Gasteiger partial charge in [0.25, 0.3) is 5.91 Å². The summed E-state index contributed by atoms with van der Waals surface area (Å²) in [6.07, 6.45) is -1.15. The topological polar surface area (TPSA) is 67.8 Å². The standard InChI is InChI=1S/C14H17NO4/c1-8-2-4-9(5-3-8)14(17)15-10-6-18-13-11(16)7-19-12(10)13/h2-5,10-13,16H,6-7H2,1H3,(H,15,17)/t10-,11+,12+,13+/m0/s1. The van der Waals surface area contributed by atoms with Crippen LogP contribution >= 0.6 is 0 Å². The molecule has 19 heavy (non-hydrogen) atoms. The molecule has 2 aliphatic rings. The second kappa shape index (κ2) is 4.92. The fourth-order valence-electron chi connectivity index (χ4n) is 2.56. The Hall–Kier alpha value is -1.43.